The molecule has 0 bridgehead atoms. The molecule has 0 spiro atoms. The summed E-state index contributed by atoms with van der Waals surface area (Å²) >= 11 is 0. The van der Waals surface area contributed by atoms with E-state index < -0.39 is 0 Å². The maximum Gasteiger partial charge on any atom is 0.00792 e. The number of hydrogen-bond acceptors (Lipinski definition) is 2. The Hall–Kier alpha value is -0.0800. The zero-order valence-corrected chi connectivity index (χ0v) is 10.1. The topological polar surface area (TPSA) is 38.0 Å². The maximum atomic E-state index is 6.14. The standard InChI is InChI=1S/C13H26N2/c1-13(7-4-8-13)10-15-9-11-5-2-3-6-12(11)14/h11-12,15H,2-10,14H2,1H3. The first-order valence-electron chi connectivity index (χ1n) is 6.66. The van der Waals surface area contributed by atoms with Crippen molar-refractivity contribution in [3.63, 3.8) is 0 Å². The van der Waals surface area contributed by atoms with Crippen molar-refractivity contribution in [3.05, 3.63) is 0 Å². The van der Waals surface area contributed by atoms with Crippen LogP contribution >= 0.6 is 0 Å². The van der Waals surface area contributed by atoms with Crippen LogP contribution in [0.15, 0.2) is 0 Å². The van der Waals surface area contributed by atoms with Gasteiger partial charge in [0.25, 0.3) is 0 Å². The molecule has 2 heteroatoms. The summed E-state index contributed by atoms with van der Waals surface area (Å²) < 4.78 is 0. The Bertz CT molecular complexity index is 199. The van der Waals surface area contributed by atoms with Gasteiger partial charge in [-0.2, -0.15) is 0 Å². The highest BCUT2D eigenvalue weighted by Crippen LogP contribution is 2.39. The quantitative estimate of drug-likeness (QED) is 0.747. The van der Waals surface area contributed by atoms with Gasteiger partial charge in [-0.15, -0.1) is 0 Å². The molecule has 2 unspecified atom stereocenters. The van der Waals surface area contributed by atoms with Crippen LogP contribution in [-0.4, -0.2) is 19.1 Å². The molecule has 3 N–H and O–H groups in total. The average Bonchev–Trinajstić information content (AvgIpc) is 2.18. The fourth-order valence-electron chi connectivity index (χ4n) is 3.01. The number of nitrogens with one attached hydrogen (secondary N) is 1. The molecule has 0 heterocycles. The van der Waals surface area contributed by atoms with Gasteiger partial charge in [0, 0.05) is 12.6 Å². The number of nitrogens with two attached hydrogens (primary N) is 1. The Morgan fingerprint density at radius 1 is 1.20 bits per heavy atom. The first-order valence-corrected chi connectivity index (χ1v) is 6.66. The van der Waals surface area contributed by atoms with Crippen LogP contribution in [0.1, 0.15) is 51.9 Å². The molecule has 0 aromatic carbocycles. The third kappa shape index (κ3) is 2.94. The van der Waals surface area contributed by atoms with Crippen LogP contribution in [0.3, 0.4) is 0 Å². The molecule has 15 heavy (non-hydrogen) atoms. The van der Waals surface area contributed by atoms with Crippen LogP contribution in [0, 0.1) is 11.3 Å². The Kier molecular flexibility index (Phi) is 3.68. The minimum Gasteiger partial charge on any atom is -0.327 e. The fourth-order valence-corrected chi connectivity index (χ4v) is 3.01. The molecule has 2 aliphatic rings. The van der Waals surface area contributed by atoms with Gasteiger partial charge >= 0.3 is 0 Å². The van der Waals surface area contributed by atoms with Crippen molar-refractivity contribution in [2.75, 3.05) is 13.1 Å². The molecule has 2 saturated carbocycles. The molecule has 2 aliphatic carbocycles. The Morgan fingerprint density at radius 2 is 1.93 bits per heavy atom. The first-order chi connectivity index (χ1) is 7.20. The van der Waals surface area contributed by atoms with Gasteiger partial charge in [0.05, 0.1) is 0 Å². The molecule has 0 aliphatic heterocycles. The predicted octanol–water partition coefficient (Wildman–Crippen LogP) is 2.28. The van der Waals surface area contributed by atoms with Crippen molar-refractivity contribution >= 4 is 0 Å². The van der Waals surface area contributed by atoms with Crippen LogP contribution in [0.5, 0.6) is 0 Å². The van der Waals surface area contributed by atoms with Crippen LogP contribution < -0.4 is 11.1 Å². The van der Waals surface area contributed by atoms with Crippen molar-refractivity contribution in [2.45, 2.75) is 57.9 Å². The monoisotopic (exact) mass is 210 g/mol. The number of rotatable bonds is 4. The van der Waals surface area contributed by atoms with Gasteiger partial charge in [-0.1, -0.05) is 26.2 Å². The highest BCUT2D eigenvalue weighted by molar-refractivity contribution is 4.86. The zero-order chi connectivity index (χ0) is 10.7. The predicted molar refractivity (Wildman–Crippen MR) is 64.8 cm³/mol. The van der Waals surface area contributed by atoms with Crippen LogP contribution in [0.25, 0.3) is 0 Å². The summed E-state index contributed by atoms with van der Waals surface area (Å²) in [7, 11) is 0. The lowest BCUT2D eigenvalue weighted by Crippen LogP contribution is -2.43. The Morgan fingerprint density at radius 3 is 2.53 bits per heavy atom. The second kappa shape index (κ2) is 4.84. The highest BCUT2D eigenvalue weighted by Gasteiger charge is 2.31. The van der Waals surface area contributed by atoms with Gasteiger partial charge in [0.1, 0.15) is 0 Å². The van der Waals surface area contributed by atoms with Crippen molar-refractivity contribution in [1.82, 2.24) is 5.32 Å². The molecule has 2 fully saturated rings. The minimum atomic E-state index is 0.459. The van der Waals surface area contributed by atoms with E-state index in [4.69, 9.17) is 5.73 Å². The van der Waals surface area contributed by atoms with E-state index in [9.17, 15) is 0 Å². The lowest BCUT2D eigenvalue weighted by molar-refractivity contribution is 0.151. The molecule has 0 aromatic rings. The third-order valence-corrected chi connectivity index (χ3v) is 4.49. The Labute approximate surface area is 94.0 Å². The molecule has 0 amide bonds. The summed E-state index contributed by atoms with van der Waals surface area (Å²) in [5.41, 5.74) is 6.75. The molecule has 2 nitrogen and oxygen atoms in total. The van der Waals surface area contributed by atoms with Gasteiger partial charge in [-0.3, -0.25) is 0 Å². The zero-order valence-electron chi connectivity index (χ0n) is 10.1. The van der Waals surface area contributed by atoms with E-state index >= 15 is 0 Å². The smallest absolute Gasteiger partial charge is 0.00792 e. The molecule has 2 atom stereocenters. The van der Waals surface area contributed by atoms with Crippen molar-refractivity contribution in [2.24, 2.45) is 17.1 Å². The van der Waals surface area contributed by atoms with E-state index in [2.05, 4.69) is 12.2 Å². The SMILES string of the molecule is CC1(CNCC2CCCCC2N)CCC1. The van der Waals surface area contributed by atoms with Gasteiger partial charge < -0.3 is 11.1 Å². The molecule has 0 aromatic heterocycles. The van der Waals surface area contributed by atoms with E-state index in [1.807, 2.05) is 0 Å². The van der Waals surface area contributed by atoms with Gasteiger partial charge in [0.2, 0.25) is 0 Å². The highest BCUT2D eigenvalue weighted by atomic mass is 14.9. The van der Waals surface area contributed by atoms with Gasteiger partial charge in [0.15, 0.2) is 0 Å². The van der Waals surface area contributed by atoms with Crippen LogP contribution in [0.4, 0.5) is 0 Å². The van der Waals surface area contributed by atoms with Crippen molar-refractivity contribution < 1.29 is 0 Å². The lowest BCUT2D eigenvalue weighted by atomic mass is 9.70. The fraction of sp³-hybridized carbons (Fsp3) is 1.00. The van der Waals surface area contributed by atoms with E-state index in [-0.39, 0.29) is 0 Å². The largest absolute Gasteiger partial charge is 0.327 e. The van der Waals surface area contributed by atoms with Gasteiger partial charge in [-0.05, 0) is 43.6 Å². The molecular weight excluding hydrogens is 184 g/mol. The lowest BCUT2D eigenvalue weighted by Gasteiger charge is -2.39. The number of hydrogen-bond donors (Lipinski definition) is 2. The second-order valence-corrected chi connectivity index (χ2v) is 6.00. The average molecular weight is 210 g/mol. The maximum absolute atomic E-state index is 6.14. The third-order valence-electron chi connectivity index (χ3n) is 4.49. The van der Waals surface area contributed by atoms with Crippen molar-refractivity contribution in [1.29, 1.82) is 0 Å². The summed E-state index contributed by atoms with van der Waals surface area (Å²) in [5, 5.41) is 3.65. The summed E-state index contributed by atoms with van der Waals surface area (Å²) in [4.78, 5) is 0. The van der Waals surface area contributed by atoms with Crippen LogP contribution in [0.2, 0.25) is 0 Å². The van der Waals surface area contributed by atoms with E-state index in [1.54, 1.807) is 0 Å². The summed E-state index contributed by atoms with van der Waals surface area (Å²) in [6.07, 6.45) is 9.57. The normalized spacial score (nSPS) is 34.8. The molecular formula is C13H26N2. The Balaban J connectivity index is 1.64. The van der Waals surface area contributed by atoms with Crippen LogP contribution in [-0.2, 0) is 0 Å². The molecule has 88 valence electrons. The van der Waals surface area contributed by atoms with E-state index in [0.29, 0.717) is 11.5 Å². The van der Waals surface area contributed by atoms with Crippen molar-refractivity contribution in [3.8, 4) is 0 Å². The first kappa shape index (κ1) is 11.4. The van der Waals surface area contributed by atoms with E-state index in [1.165, 1.54) is 51.5 Å². The molecule has 0 saturated heterocycles. The summed E-state index contributed by atoms with van der Waals surface area (Å²) in [5.74, 6) is 0.738. The molecule has 2 rings (SSSR count). The second-order valence-electron chi connectivity index (χ2n) is 6.00. The summed E-state index contributed by atoms with van der Waals surface area (Å²) in [6, 6.07) is 0.459. The van der Waals surface area contributed by atoms with E-state index in [0.717, 1.165) is 12.5 Å². The molecule has 0 radical (unpaired) electrons. The minimum absolute atomic E-state index is 0.459. The van der Waals surface area contributed by atoms with Gasteiger partial charge in [-0.25, -0.2) is 0 Å². The summed E-state index contributed by atoms with van der Waals surface area (Å²) in [6.45, 7) is 4.76.